The lowest BCUT2D eigenvalue weighted by Crippen LogP contribution is -2.62. The molecule has 1 aromatic carbocycles. The van der Waals surface area contributed by atoms with Crippen molar-refractivity contribution in [1.82, 2.24) is 47.1 Å². The molecule has 0 radical (unpaired) electrons. The van der Waals surface area contributed by atoms with Crippen molar-refractivity contribution in [2.75, 3.05) is 39.1 Å². The van der Waals surface area contributed by atoms with Gasteiger partial charge in [0.15, 0.2) is 0 Å². The fourth-order valence-corrected chi connectivity index (χ4v) is 9.22. The van der Waals surface area contributed by atoms with Crippen LogP contribution in [0.4, 0.5) is 0 Å². The van der Waals surface area contributed by atoms with Gasteiger partial charge in [-0.1, -0.05) is 27.2 Å². The van der Waals surface area contributed by atoms with E-state index in [9.17, 15) is 62.7 Å². The zero-order valence-electron chi connectivity index (χ0n) is 36.1. The number of benzene rings is 1. The van der Waals surface area contributed by atoms with E-state index in [1.807, 2.05) is 0 Å². The molecule has 3 unspecified atom stereocenters. The molecule has 3 aliphatic heterocycles. The molecule has 0 aliphatic carbocycles. The molecule has 65 heavy (non-hydrogen) atoms. The summed E-state index contributed by atoms with van der Waals surface area (Å²) in [4.78, 5) is 128. The topological polar surface area (TPSA) is 370 Å². The normalized spacial score (nSPS) is 28.2. The number of aromatic nitrogens is 1. The molecule has 4 heterocycles. The molecule has 3 aliphatic rings. The van der Waals surface area contributed by atoms with E-state index in [0.29, 0.717) is 23.1 Å². The number of primary amides is 1. The fourth-order valence-electron chi connectivity index (χ4n) is 7.82. The van der Waals surface area contributed by atoms with Crippen molar-refractivity contribution in [3.8, 4) is 5.75 Å². The number of H-pyrrole nitrogens is 1. The van der Waals surface area contributed by atoms with Gasteiger partial charge in [0.05, 0.1) is 67.5 Å². The molecule has 13 N–H and O–H groups in total. The van der Waals surface area contributed by atoms with Crippen LogP contribution < -0.4 is 47.7 Å². The second-order valence-corrected chi connectivity index (χ2v) is 17.8. The SMILES string of the molecule is CC[C@H](C)C1NC(=O)CNC(=O)[C@@H]2Cc3c([nH]c4cc(OC)ccc34)S(=O)CC(NC(=O)CNC1=O)C(=O)N[C@@H](CC(N)=O)C(=O)N1C[C@H](O)C[C@H]1C(=O)N[C@@H]([C@@H](C)[C@@H](O)CO)C(=O)N2. The van der Waals surface area contributed by atoms with Gasteiger partial charge < -0.3 is 72.9 Å². The summed E-state index contributed by atoms with van der Waals surface area (Å²) in [5.41, 5.74) is 5.95. The maximum atomic E-state index is 14.7. The number of aliphatic hydroxyl groups is 3. The Bertz CT molecular complexity index is 2220. The summed E-state index contributed by atoms with van der Waals surface area (Å²) in [5, 5.41) is 48.8. The Balaban J connectivity index is 1.74. The Morgan fingerprint density at radius 3 is 2.22 bits per heavy atom. The minimum Gasteiger partial charge on any atom is -0.497 e. The second kappa shape index (κ2) is 21.7. The van der Waals surface area contributed by atoms with Crippen molar-refractivity contribution in [3.05, 3.63) is 23.8 Å². The number of amides is 9. The lowest BCUT2D eigenvalue weighted by molar-refractivity contribution is -0.144. The molecule has 0 spiro atoms. The lowest BCUT2D eigenvalue weighted by atomic mass is 9.93. The summed E-state index contributed by atoms with van der Waals surface area (Å²) in [6, 6.07) is -5.18. The molecular formula is C40H56N10O14S. The van der Waals surface area contributed by atoms with Crippen LogP contribution in [0.2, 0.25) is 0 Å². The number of nitrogens with zero attached hydrogens (tertiary/aromatic N) is 1. The summed E-state index contributed by atoms with van der Waals surface area (Å²) in [6.07, 6.45) is -4.33. The number of aliphatic hydroxyl groups excluding tert-OH is 3. The molecule has 9 amide bonds. The van der Waals surface area contributed by atoms with Gasteiger partial charge in [-0.15, -0.1) is 0 Å². The van der Waals surface area contributed by atoms with Crippen LogP contribution in [-0.4, -0.2) is 170 Å². The number of carbonyl (C=O) groups excluding carboxylic acids is 9. The molecule has 2 aromatic rings. The standard InChI is InChI=1S/C40H56N10O14S/c1-5-17(2)32-37(60)43-12-30(55)44-26-16-65(63)39-22(21-7-6-20(64-4)9-23(21)47-39)10-24(34(57)42-13-31(56)48-32)45-38(61)33(18(3)28(53)15-51)49-36(59)27-8-19(52)14-50(27)40(62)25(11-29(41)54)46-35(26)58/h6-7,9,17-19,24-28,32-33,47,51-53H,5,8,10-16H2,1-4H3,(H2,41,54)(H,42,57)(H,43,60)(H,44,55)(H,45,61)(H,46,58)(H,48,56)(H,49,59)/t17-,18-,19+,24-,25-,26?,27-,28-,32?,33-,65?/m0/s1. The molecule has 1 saturated heterocycles. The third-order valence-corrected chi connectivity index (χ3v) is 13.2. The summed E-state index contributed by atoms with van der Waals surface area (Å²) in [7, 11) is -0.944. The lowest BCUT2D eigenvalue weighted by Gasteiger charge is -2.32. The number of aromatic amines is 1. The molecule has 11 atom stereocenters. The molecule has 1 fully saturated rings. The molecule has 24 nitrogen and oxygen atoms in total. The van der Waals surface area contributed by atoms with Gasteiger partial charge in [-0.05, 0) is 23.6 Å². The van der Waals surface area contributed by atoms with Gasteiger partial charge in [0.25, 0.3) is 0 Å². The average Bonchev–Trinajstić information content (AvgIpc) is 3.85. The number of nitrogens with two attached hydrogens (primary N) is 1. The third-order valence-electron chi connectivity index (χ3n) is 11.8. The first-order valence-electron chi connectivity index (χ1n) is 20.9. The molecule has 356 valence electrons. The summed E-state index contributed by atoms with van der Waals surface area (Å²) < 4.78 is 20.0. The molecule has 2 bridgehead atoms. The van der Waals surface area contributed by atoms with Gasteiger partial charge in [0.2, 0.25) is 53.2 Å². The molecule has 0 saturated carbocycles. The molecule has 5 rings (SSSR count). The van der Waals surface area contributed by atoms with E-state index in [2.05, 4.69) is 42.2 Å². The maximum absolute atomic E-state index is 14.7. The number of methoxy groups -OCH3 is 1. The average molecular weight is 933 g/mol. The van der Waals surface area contributed by atoms with Gasteiger partial charge in [-0.25, -0.2) is 0 Å². The van der Waals surface area contributed by atoms with Crippen molar-refractivity contribution in [1.29, 1.82) is 0 Å². The van der Waals surface area contributed by atoms with Crippen LogP contribution in [0.3, 0.4) is 0 Å². The Morgan fingerprint density at radius 2 is 1.57 bits per heavy atom. The summed E-state index contributed by atoms with van der Waals surface area (Å²) in [5.74, 6) is -11.3. The van der Waals surface area contributed by atoms with E-state index in [0.717, 1.165) is 4.90 Å². The quantitative estimate of drug-likeness (QED) is 0.118. The van der Waals surface area contributed by atoms with E-state index < -0.39 is 176 Å². The van der Waals surface area contributed by atoms with E-state index in [4.69, 9.17) is 10.5 Å². The van der Waals surface area contributed by atoms with Crippen LogP contribution in [0.1, 0.15) is 45.6 Å². The molecular weight excluding hydrogens is 877 g/mol. The number of nitrogens with one attached hydrogen (secondary N) is 8. The first-order valence-corrected chi connectivity index (χ1v) is 22.3. The van der Waals surface area contributed by atoms with Crippen LogP contribution in [0.15, 0.2) is 23.2 Å². The third kappa shape index (κ3) is 11.9. The minimum atomic E-state index is -2.34. The number of ether oxygens (including phenoxy) is 1. The van der Waals surface area contributed by atoms with Crippen LogP contribution in [0.25, 0.3) is 10.9 Å². The Kier molecular flexibility index (Phi) is 16.6. The van der Waals surface area contributed by atoms with E-state index in [-0.39, 0.29) is 10.6 Å². The van der Waals surface area contributed by atoms with Crippen LogP contribution >= 0.6 is 0 Å². The number of rotatable bonds is 8. The Labute approximate surface area is 374 Å². The Hall–Kier alpha value is -6.18. The summed E-state index contributed by atoms with van der Waals surface area (Å²) >= 11 is 0. The molecule has 25 heteroatoms. The smallest absolute Gasteiger partial charge is 0.246 e. The van der Waals surface area contributed by atoms with Crippen molar-refractivity contribution in [2.45, 2.75) is 99.9 Å². The number of fused-ring (bicyclic) bond motifs is 5. The first kappa shape index (κ1) is 49.8. The highest BCUT2D eigenvalue weighted by Crippen LogP contribution is 2.30. The highest BCUT2D eigenvalue weighted by atomic mass is 32.2. The van der Waals surface area contributed by atoms with Gasteiger partial charge >= 0.3 is 0 Å². The van der Waals surface area contributed by atoms with E-state index >= 15 is 0 Å². The van der Waals surface area contributed by atoms with E-state index in [1.165, 1.54) is 20.1 Å². The highest BCUT2D eigenvalue weighted by Gasteiger charge is 2.45. The van der Waals surface area contributed by atoms with Gasteiger partial charge in [0, 0.05) is 36.8 Å². The fraction of sp³-hybridized carbons (Fsp3) is 0.575. The zero-order chi connectivity index (χ0) is 47.9. The number of carbonyl (C=O) groups is 9. The number of hydrogen-bond donors (Lipinski definition) is 12. The zero-order valence-corrected chi connectivity index (χ0v) is 37.0. The van der Waals surface area contributed by atoms with Crippen molar-refractivity contribution >= 4 is 74.9 Å². The second-order valence-electron chi connectivity index (χ2n) is 16.3. The Morgan fingerprint density at radius 1 is 0.892 bits per heavy atom. The predicted molar refractivity (Wildman–Crippen MR) is 227 cm³/mol. The van der Waals surface area contributed by atoms with Gasteiger partial charge in [0.1, 0.15) is 47.0 Å². The van der Waals surface area contributed by atoms with Crippen molar-refractivity contribution in [3.63, 3.8) is 0 Å². The largest absolute Gasteiger partial charge is 0.497 e. The minimum absolute atomic E-state index is 0.107. The predicted octanol–water partition coefficient (Wildman–Crippen LogP) is -5.62. The maximum Gasteiger partial charge on any atom is 0.246 e. The van der Waals surface area contributed by atoms with Gasteiger partial charge in [-0.3, -0.25) is 47.4 Å². The van der Waals surface area contributed by atoms with Crippen LogP contribution in [0, 0.1) is 11.8 Å². The van der Waals surface area contributed by atoms with Crippen LogP contribution in [-0.2, 0) is 60.4 Å². The van der Waals surface area contributed by atoms with Crippen molar-refractivity contribution in [2.24, 2.45) is 17.6 Å². The van der Waals surface area contributed by atoms with E-state index in [1.54, 1.807) is 26.0 Å². The number of hydrogen-bond acceptors (Lipinski definition) is 14. The van der Waals surface area contributed by atoms with Gasteiger partial charge in [-0.2, -0.15) is 0 Å². The monoisotopic (exact) mass is 932 g/mol. The highest BCUT2D eigenvalue weighted by molar-refractivity contribution is 7.85. The molecule has 1 aromatic heterocycles. The first-order chi connectivity index (χ1) is 30.8. The summed E-state index contributed by atoms with van der Waals surface area (Å²) in [6.45, 7) is 1.84. The van der Waals surface area contributed by atoms with Crippen molar-refractivity contribution < 1.29 is 67.4 Å². The van der Waals surface area contributed by atoms with Crippen LogP contribution in [0.5, 0.6) is 5.75 Å².